The van der Waals surface area contributed by atoms with Crippen molar-refractivity contribution >= 4 is 43.6 Å². The summed E-state index contributed by atoms with van der Waals surface area (Å²) in [5.41, 5.74) is 23.2. The fraction of sp³-hybridized carbons (Fsp3) is 0. The van der Waals surface area contributed by atoms with Gasteiger partial charge in [-0.05, 0) is 159 Å². The van der Waals surface area contributed by atoms with Crippen LogP contribution >= 0.6 is 0 Å². The van der Waals surface area contributed by atoms with Crippen molar-refractivity contribution < 1.29 is 0 Å². The van der Waals surface area contributed by atoms with Crippen molar-refractivity contribution in [1.29, 1.82) is 15.8 Å². The van der Waals surface area contributed by atoms with E-state index in [0.29, 0.717) is 45.3 Å². The number of hydrogen-bond acceptors (Lipinski definition) is 6. The summed E-state index contributed by atoms with van der Waals surface area (Å²) in [6.07, 6.45) is 0. The zero-order valence-electron chi connectivity index (χ0n) is 52.8. The van der Waals surface area contributed by atoms with Gasteiger partial charge in [0.25, 0.3) is 0 Å². The van der Waals surface area contributed by atoms with Crippen LogP contribution in [0, 0.1) is 34.0 Å². The van der Waals surface area contributed by atoms with E-state index >= 15 is 0 Å². The Morgan fingerprint density at radius 1 is 0.204 bits per heavy atom. The molecule has 0 saturated heterocycles. The van der Waals surface area contributed by atoms with Gasteiger partial charge in [-0.15, -0.1) is 0 Å². The fourth-order valence-corrected chi connectivity index (χ4v) is 14.0. The number of nitrogens with zero attached hydrogens (tertiary/aromatic N) is 8. The van der Waals surface area contributed by atoms with Gasteiger partial charge in [-0.3, -0.25) is 0 Å². The van der Waals surface area contributed by atoms with Crippen LogP contribution in [0.1, 0.15) is 16.7 Å². The van der Waals surface area contributed by atoms with Crippen molar-refractivity contribution in [2.75, 3.05) is 0 Å². The van der Waals surface area contributed by atoms with Crippen LogP contribution in [0.2, 0.25) is 0 Å². The van der Waals surface area contributed by atoms with Gasteiger partial charge >= 0.3 is 0 Å². The molecule has 98 heavy (non-hydrogen) atoms. The van der Waals surface area contributed by atoms with Crippen LogP contribution in [-0.2, 0) is 0 Å². The lowest BCUT2D eigenvalue weighted by Gasteiger charge is -2.18. The Labute approximate surface area is 566 Å². The minimum absolute atomic E-state index is 0.405. The van der Waals surface area contributed by atoms with Crippen molar-refractivity contribution in [1.82, 2.24) is 24.1 Å². The summed E-state index contributed by atoms with van der Waals surface area (Å²) in [7, 11) is 0. The Morgan fingerprint density at radius 3 is 0.806 bits per heavy atom. The van der Waals surface area contributed by atoms with Crippen molar-refractivity contribution in [3.63, 3.8) is 0 Å². The molecule has 0 saturated carbocycles. The van der Waals surface area contributed by atoms with Crippen LogP contribution in [0.25, 0.3) is 167 Å². The molecule has 0 atom stereocenters. The summed E-state index contributed by atoms with van der Waals surface area (Å²) >= 11 is 0. The van der Waals surface area contributed by atoms with E-state index in [0.717, 1.165) is 138 Å². The van der Waals surface area contributed by atoms with Gasteiger partial charge in [-0.25, -0.2) is 15.0 Å². The molecule has 0 N–H and O–H groups in total. The molecule has 17 rings (SSSR count). The molecule has 0 amide bonds. The number of benzene rings is 14. The Hall–Kier alpha value is -13.8. The minimum atomic E-state index is 0.405. The van der Waals surface area contributed by atoms with E-state index in [9.17, 15) is 15.8 Å². The standard InChI is InChI=1S/C90H54N8/c91-55-70-27-13-16-30-73(70)62-33-35-63(36-34-62)88-94-89(68-41-47-82(76(53-68)74-31-17-14-28-71(74)56-92)97-84-43-37-64(58-19-5-1-6-20-58)49-78(84)79-50-65(38-44-85(79)97)59-21-7-2-8-22-59)96-90(95-88)69-42-48-83(77(54-69)75-32-18-15-29-72(75)57-93)98-86-45-39-66(60-23-9-3-10-24-60)51-80(86)81-52-67(40-46-87(81)98)61-25-11-4-12-26-61/h1-54H. The van der Waals surface area contributed by atoms with E-state index in [4.69, 9.17) is 15.0 Å². The van der Waals surface area contributed by atoms with Crippen LogP contribution in [0.4, 0.5) is 0 Å². The first-order valence-electron chi connectivity index (χ1n) is 32.5. The van der Waals surface area contributed by atoms with Gasteiger partial charge in [-0.1, -0.05) is 224 Å². The molecule has 0 aliphatic carbocycles. The summed E-state index contributed by atoms with van der Waals surface area (Å²) in [6.45, 7) is 0. The van der Waals surface area contributed by atoms with E-state index in [1.54, 1.807) is 0 Å². The second-order valence-electron chi connectivity index (χ2n) is 24.4. The Kier molecular flexibility index (Phi) is 14.5. The maximum Gasteiger partial charge on any atom is 0.164 e. The highest BCUT2D eigenvalue weighted by molar-refractivity contribution is 6.14. The number of rotatable bonds is 12. The van der Waals surface area contributed by atoms with Gasteiger partial charge < -0.3 is 9.13 Å². The number of aromatic nitrogens is 5. The molecular formula is C90H54N8. The highest BCUT2D eigenvalue weighted by Gasteiger charge is 2.25. The van der Waals surface area contributed by atoms with E-state index < -0.39 is 0 Å². The van der Waals surface area contributed by atoms with Crippen molar-refractivity contribution in [3.05, 3.63) is 344 Å². The lowest BCUT2D eigenvalue weighted by atomic mass is 9.95. The predicted molar refractivity (Wildman–Crippen MR) is 397 cm³/mol. The number of fused-ring (bicyclic) bond motifs is 6. The Morgan fingerprint density at radius 2 is 0.469 bits per heavy atom. The zero-order chi connectivity index (χ0) is 65.6. The largest absolute Gasteiger partial charge is 0.309 e. The van der Waals surface area contributed by atoms with Crippen LogP contribution in [0.3, 0.4) is 0 Å². The van der Waals surface area contributed by atoms with Crippen molar-refractivity contribution in [2.24, 2.45) is 0 Å². The second-order valence-corrected chi connectivity index (χ2v) is 24.4. The SMILES string of the molecule is N#Cc1ccccc1-c1ccc(-c2nc(-c3ccc(-n4c5ccc(-c6ccccc6)cc5c5cc(-c6ccccc6)ccc54)c(-c4ccccc4C#N)c3)nc(-c3ccc(-n4c5ccc(-c6ccccc6)cc5c5cc(-c6ccccc6)ccc54)c(-c4ccccc4C#N)c3)n2)cc1. The fourth-order valence-electron chi connectivity index (χ4n) is 14.0. The maximum absolute atomic E-state index is 11.0. The van der Waals surface area contributed by atoms with Crippen LogP contribution in [0.5, 0.6) is 0 Å². The van der Waals surface area contributed by atoms with Crippen LogP contribution < -0.4 is 0 Å². The molecular weight excluding hydrogens is 1190 g/mol. The third kappa shape index (κ3) is 10.3. The Balaban J connectivity index is 0.888. The van der Waals surface area contributed by atoms with Gasteiger partial charge in [0.2, 0.25) is 0 Å². The number of hydrogen-bond donors (Lipinski definition) is 0. The molecule has 0 aliphatic rings. The lowest BCUT2D eigenvalue weighted by molar-refractivity contribution is 1.07. The van der Waals surface area contributed by atoms with E-state index in [2.05, 4.69) is 234 Å². The smallest absolute Gasteiger partial charge is 0.164 e. The topological polar surface area (TPSA) is 120 Å². The molecule has 14 aromatic carbocycles. The molecule has 0 fully saturated rings. The molecule has 0 bridgehead atoms. The van der Waals surface area contributed by atoms with Crippen LogP contribution in [-0.4, -0.2) is 24.1 Å². The van der Waals surface area contributed by atoms with Gasteiger partial charge in [0.1, 0.15) is 0 Å². The molecule has 454 valence electrons. The molecule has 17 aromatic rings. The third-order valence-corrected chi connectivity index (χ3v) is 18.8. The molecule has 0 aliphatic heterocycles. The molecule has 0 unspecified atom stereocenters. The third-order valence-electron chi connectivity index (χ3n) is 18.8. The molecule has 8 heteroatoms. The highest BCUT2D eigenvalue weighted by atomic mass is 15.0. The predicted octanol–water partition coefficient (Wildman–Crippen LogP) is 22.4. The monoisotopic (exact) mass is 1250 g/mol. The first kappa shape index (κ1) is 58.0. The normalized spacial score (nSPS) is 11.2. The molecule has 8 nitrogen and oxygen atoms in total. The van der Waals surface area contributed by atoms with Crippen molar-refractivity contribution in [2.45, 2.75) is 0 Å². The van der Waals surface area contributed by atoms with Gasteiger partial charge in [0.05, 0.1) is 68.3 Å². The average Bonchev–Trinajstić information content (AvgIpc) is 1.56. The van der Waals surface area contributed by atoms with Crippen molar-refractivity contribution in [3.8, 4) is 142 Å². The van der Waals surface area contributed by atoms with E-state index in [1.807, 2.05) is 121 Å². The molecule has 3 heterocycles. The van der Waals surface area contributed by atoms with Gasteiger partial charge in [0.15, 0.2) is 17.5 Å². The molecule has 0 radical (unpaired) electrons. The van der Waals surface area contributed by atoms with Gasteiger partial charge in [0, 0.05) is 60.5 Å². The first-order chi connectivity index (χ1) is 48.4. The summed E-state index contributed by atoms with van der Waals surface area (Å²) in [5, 5.41) is 36.4. The van der Waals surface area contributed by atoms with E-state index in [-0.39, 0.29) is 0 Å². The highest BCUT2D eigenvalue weighted by Crippen LogP contribution is 2.45. The van der Waals surface area contributed by atoms with Crippen LogP contribution in [0.15, 0.2) is 328 Å². The first-order valence-corrected chi connectivity index (χ1v) is 32.5. The summed E-state index contributed by atoms with van der Waals surface area (Å²) in [5.74, 6) is 1.23. The minimum Gasteiger partial charge on any atom is -0.309 e. The maximum atomic E-state index is 11.0. The molecule has 3 aromatic heterocycles. The summed E-state index contributed by atoms with van der Waals surface area (Å²) in [4.78, 5) is 16.2. The quantitative estimate of drug-likeness (QED) is 0.120. The second kappa shape index (κ2) is 24.6. The zero-order valence-corrected chi connectivity index (χ0v) is 52.8. The summed E-state index contributed by atoms with van der Waals surface area (Å²) in [6, 6.07) is 120. The lowest BCUT2D eigenvalue weighted by Crippen LogP contribution is -2.03. The molecule has 0 spiro atoms. The van der Waals surface area contributed by atoms with Gasteiger partial charge in [-0.2, -0.15) is 15.8 Å². The summed E-state index contributed by atoms with van der Waals surface area (Å²) < 4.78 is 4.64. The Bertz CT molecular complexity index is 5610. The number of nitriles is 3. The average molecular weight is 1250 g/mol. The van der Waals surface area contributed by atoms with E-state index in [1.165, 1.54) is 0 Å².